The summed E-state index contributed by atoms with van der Waals surface area (Å²) < 4.78 is 5.17. The number of rotatable bonds is 6. The number of hydrogen-bond donors (Lipinski definition) is 2. The highest BCUT2D eigenvalue weighted by atomic mass is 16.6. The first-order chi connectivity index (χ1) is 12.6. The first kappa shape index (κ1) is 17.2. The first-order valence-corrected chi connectivity index (χ1v) is 7.81. The molecule has 0 aliphatic heterocycles. The first-order valence-electron chi connectivity index (χ1n) is 7.81. The van der Waals surface area contributed by atoms with Crippen molar-refractivity contribution >= 4 is 28.7 Å². The normalized spacial score (nSPS) is 10.2. The topological polar surface area (TPSA) is 102 Å². The molecule has 8 heteroatoms. The average Bonchev–Trinajstić information content (AvgIpc) is 2.62. The van der Waals surface area contributed by atoms with Gasteiger partial charge in [-0.25, -0.2) is 9.97 Å². The Morgan fingerprint density at radius 1 is 1.00 bits per heavy atom. The van der Waals surface area contributed by atoms with Gasteiger partial charge in [-0.3, -0.25) is 10.1 Å². The van der Waals surface area contributed by atoms with Gasteiger partial charge in [0.25, 0.3) is 0 Å². The Balaban J connectivity index is 1.96. The molecule has 0 spiro atoms. The minimum atomic E-state index is -0.513. The fraction of sp³-hybridized carbons (Fsp3) is 0.111. The Morgan fingerprint density at radius 3 is 2.19 bits per heavy atom. The molecular weight excluding hydrogens is 334 g/mol. The summed E-state index contributed by atoms with van der Waals surface area (Å²) in [5.41, 5.74) is 2.12. The molecule has 0 saturated carbocycles. The molecule has 0 unspecified atom stereocenters. The number of methoxy groups -OCH3 is 1. The molecule has 26 heavy (non-hydrogen) atoms. The zero-order valence-corrected chi connectivity index (χ0v) is 14.3. The molecule has 132 valence electrons. The molecule has 3 rings (SSSR count). The van der Waals surface area contributed by atoms with Gasteiger partial charge in [0.1, 0.15) is 12.1 Å². The lowest BCUT2D eigenvalue weighted by molar-refractivity contribution is -0.383. The summed E-state index contributed by atoms with van der Waals surface area (Å²) in [5.74, 6) is 0.833. The van der Waals surface area contributed by atoms with E-state index in [0.29, 0.717) is 17.1 Å². The maximum Gasteiger partial charge on any atom is 0.353 e. The Kier molecular flexibility index (Phi) is 4.93. The van der Waals surface area contributed by atoms with Gasteiger partial charge in [-0.1, -0.05) is 18.2 Å². The van der Waals surface area contributed by atoms with Crippen LogP contribution in [0.2, 0.25) is 0 Å². The largest absolute Gasteiger partial charge is 0.497 e. The standard InChI is InChI=1S/C18H17N5O3/c1-12-5-3-6-13(9-12)21-17-16(23(24)25)18(20-11-19-17)22-14-7-4-8-15(10-14)26-2/h3-11H,1-2H3,(H2,19,20,21,22). The third-order valence-corrected chi connectivity index (χ3v) is 3.62. The zero-order chi connectivity index (χ0) is 18.5. The monoisotopic (exact) mass is 351 g/mol. The molecule has 0 aliphatic rings. The van der Waals surface area contributed by atoms with Crippen LogP contribution in [0.4, 0.5) is 28.7 Å². The van der Waals surface area contributed by atoms with E-state index in [0.717, 1.165) is 5.56 Å². The molecule has 0 atom stereocenters. The number of benzene rings is 2. The minimum absolute atomic E-state index is 0.0911. The Labute approximate surface area is 150 Å². The lowest BCUT2D eigenvalue weighted by atomic mass is 10.2. The second-order valence-electron chi connectivity index (χ2n) is 5.53. The lowest BCUT2D eigenvalue weighted by Crippen LogP contribution is -2.05. The van der Waals surface area contributed by atoms with Gasteiger partial charge in [-0.2, -0.15) is 0 Å². The van der Waals surface area contributed by atoms with Gasteiger partial charge < -0.3 is 15.4 Å². The molecular formula is C18H17N5O3. The van der Waals surface area contributed by atoms with Crippen molar-refractivity contribution in [3.05, 3.63) is 70.5 Å². The van der Waals surface area contributed by atoms with Crippen LogP contribution in [-0.4, -0.2) is 22.0 Å². The average molecular weight is 351 g/mol. The van der Waals surface area contributed by atoms with E-state index in [1.54, 1.807) is 31.4 Å². The number of aromatic nitrogens is 2. The van der Waals surface area contributed by atoms with Gasteiger partial charge in [0.15, 0.2) is 0 Å². The number of nitrogens with one attached hydrogen (secondary N) is 2. The van der Waals surface area contributed by atoms with E-state index >= 15 is 0 Å². The number of aryl methyl sites for hydroxylation is 1. The fourth-order valence-electron chi connectivity index (χ4n) is 2.43. The van der Waals surface area contributed by atoms with Crippen molar-refractivity contribution in [1.82, 2.24) is 9.97 Å². The van der Waals surface area contributed by atoms with Crippen LogP contribution in [0.5, 0.6) is 5.75 Å². The molecule has 0 fully saturated rings. The van der Waals surface area contributed by atoms with Gasteiger partial charge in [0, 0.05) is 17.4 Å². The molecule has 2 N–H and O–H groups in total. The van der Waals surface area contributed by atoms with Gasteiger partial charge in [0.2, 0.25) is 11.6 Å². The van der Waals surface area contributed by atoms with Crippen molar-refractivity contribution in [1.29, 1.82) is 0 Å². The number of ether oxygens (including phenoxy) is 1. The smallest absolute Gasteiger partial charge is 0.353 e. The molecule has 0 amide bonds. The van der Waals surface area contributed by atoms with Crippen LogP contribution in [0.3, 0.4) is 0 Å². The summed E-state index contributed by atoms with van der Waals surface area (Å²) in [7, 11) is 1.55. The number of anilines is 4. The van der Waals surface area contributed by atoms with E-state index in [2.05, 4.69) is 20.6 Å². The summed E-state index contributed by atoms with van der Waals surface area (Å²) in [4.78, 5) is 19.2. The Morgan fingerprint density at radius 2 is 1.62 bits per heavy atom. The highest BCUT2D eigenvalue weighted by molar-refractivity contribution is 5.77. The van der Waals surface area contributed by atoms with Gasteiger partial charge in [-0.05, 0) is 36.8 Å². The van der Waals surface area contributed by atoms with Crippen LogP contribution in [0.1, 0.15) is 5.56 Å². The molecule has 1 aromatic heterocycles. The van der Waals surface area contributed by atoms with E-state index in [1.807, 2.05) is 31.2 Å². The van der Waals surface area contributed by atoms with Crippen molar-refractivity contribution in [3.63, 3.8) is 0 Å². The number of hydrogen-bond acceptors (Lipinski definition) is 7. The van der Waals surface area contributed by atoms with Gasteiger partial charge in [0.05, 0.1) is 12.0 Å². The maximum absolute atomic E-state index is 11.6. The van der Waals surface area contributed by atoms with Crippen molar-refractivity contribution in [2.75, 3.05) is 17.7 Å². The van der Waals surface area contributed by atoms with Crippen LogP contribution < -0.4 is 15.4 Å². The van der Waals surface area contributed by atoms with Gasteiger partial charge in [-0.15, -0.1) is 0 Å². The molecule has 0 radical (unpaired) electrons. The fourth-order valence-corrected chi connectivity index (χ4v) is 2.43. The van der Waals surface area contributed by atoms with Crippen molar-refractivity contribution < 1.29 is 9.66 Å². The van der Waals surface area contributed by atoms with Crippen LogP contribution >= 0.6 is 0 Å². The predicted octanol–water partition coefficient (Wildman–Crippen LogP) is 4.19. The van der Waals surface area contributed by atoms with Crippen LogP contribution in [0.15, 0.2) is 54.9 Å². The van der Waals surface area contributed by atoms with Crippen molar-refractivity contribution in [2.24, 2.45) is 0 Å². The molecule has 0 bridgehead atoms. The Hall–Kier alpha value is -3.68. The molecule has 1 heterocycles. The van der Waals surface area contributed by atoms with Gasteiger partial charge >= 0.3 is 5.69 Å². The van der Waals surface area contributed by atoms with Crippen LogP contribution in [-0.2, 0) is 0 Å². The molecule has 3 aromatic rings. The molecule has 8 nitrogen and oxygen atoms in total. The van der Waals surface area contributed by atoms with Crippen molar-refractivity contribution in [2.45, 2.75) is 6.92 Å². The van der Waals surface area contributed by atoms with E-state index in [1.165, 1.54) is 6.33 Å². The Bertz CT molecular complexity index is 946. The quantitative estimate of drug-likeness (QED) is 0.507. The number of nitro groups is 1. The highest BCUT2D eigenvalue weighted by Crippen LogP contribution is 2.33. The van der Waals surface area contributed by atoms with Crippen molar-refractivity contribution in [3.8, 4) is 5.75 Å². The third-order valence-electron chi connectivity index (χ3n) is 3.62. The van der Waals surface area contributed by atoms with Crippen LogP contribution in [0, 0.1) is 17.0 Å². The van der Waals surface area contributed by atoms with Crippen LogP contribution in [0.25, 0.3) is 0 Å². The van der Waals surface area contributed by atoms with E-state index in [4.69, 9.17) is 4.74 Å². The molecule has 0 saturated heterocycles. The summed E-state index contributed by atoms with van der Waals surface area (Å²) in [6.45, 7) is 1.94. The summed E-state index contributed by atoms with van der Waals surface area (Å²) in [6.07, 6.45) is 1.27. The maximum atomic E-state index is 11.6. The number of nitrogens with zero attached hydrogens (tertiary/aromatic N) is 3. The minimum Gasteiger partial charge on any atom is -0.497 e. The van der Waals surface area contributed by atoms with E-state index in [-0.39, 0.29) is 17.3 Å². The molecule has 0 aliphatic carbocycles. The van der Waals surface area contributed by atoms with E-state index < -0.39 is 4.92 Å². The second kappa shape index (κ2) is 7.47. The summed E-state index contributed by atoms with van der Waals surface area (Å²) in [5, 5.41) is 17.6. The molecule has 2 aromatic carbocycles. The summed E-state index contributed by atoms with van der Waals surface area (Å²) >= 11 is 0. The summed E-state index contributed by atoms with van der Waals surface area (Å²) in [6, 6.07) is 14.5. The highest BCUT2D eigenvalue weighted by Gasteiger charge is 2.23. The zero-order valence-electron chi connectivity index (χ0n) is 14.3. The second-order valence-corrected chi connectivity index (χ2v) is 5.53. The predicted molar refractivity (Wildman–Crippen MR) is 99.4 cm³/mol. The van der Waals surface area contributed by atoms with E-state index in [9.17, 15) is 10.1 Å². The third kappa shape index (κ3) is 3.86. The lowest BCUT2D eigenvalue weighted by Gasteiger charge is -2.11. The SMILES string of the molecule is COc1cccc(Nc2ncnc(Nc3cccc(C)c3)c2[N+](=O)[O-])c1.